The number of amides is 1. The normalized spacial score (nSPS) is 17.4. The van der Waals surface area contributed by atoms with Crippen LogP contribution in [0, 0.1) is 0 Å². The summed E-state index contributed by atoms with van der Waals surface area (Å²) in [6.45, 7) is 3.15. The number of hydrogen-bond donors (Lipinski definition) is 0. The largest absolute Gasteiger partial charge is 0.487 e. The molecule has 24 heavy (non-hydrogen) atoms. The van der Waals surface area contributed by atoms with Crippen LogP contribution in [0.2, 0.25) is 0 Å². The van der Waals surface area contributed by atoms with E-state index in [2.05, 4.69) is 0 Å². The van der Waals surface area contributed by atoms with Gasteiger partial charge in [0.25, 0.3) is 5.91 Å². The molecule has 0 fully saturated rings. The number of nitrogens with zero attached hydrogens (tertiary/aromatic N) is 1. The molecule has 0 saturated heterocycles. The van der Waals surface area contributed by atoms with Crippen molar-refractivity contribution in [3.05, 3.63) is 29.5 Å². The summed E-state index contributed by atoms with van der Waals surface area (Å²) in [5, 5.41) is 0.659. The molecule has 1 aliphatic heterocycles. The first-order chi connectivity index (χ1) is 11.6. The maximum Gasteiger partial charge on any atom is 0.337 e. The fraction of sp³-hybridized carbons (Fsp3) is 0.412. The second kappa shape index (κ2) is 6.52. The number of furan rings is 1. The molecule has 7 nitrogen and oxygen atoms in total. The third-order valence-corrected chi connectivity index (χ3v) is 4.06. The second-order valence-corrected chi connectivity index (χ2v) is 5.61. The molecule has 2 aromatic rings. The smallest absolute Gasteiger partial charge is 0.337 e. The van der Waals surface area contributed by atoms with Crippen LogP contribution in [0.25, 0.3) is 11.0 Å². The molecule has 1 atom stereocenters. The summed E-state index contributed by atoms with van der Waals surface area (Å²) in [5.41, 5.74) is 0.767. The Hall–Kier alpha value is -2.54. The van der Waals surface area contributed by atoms with E-state index in [0.717, 1.165) is 0 Å². The second-order valence-electron chi connectivity index (χ2n) is 5.61. The molecule has 0 spiro atoms. The molecular weight excluding hydrogens is 314 g/mol. The molecule has 0 radical (unpaired) electrons. The SMILES string of the molecule is COCCN1C(=O)c2oc3cc(C(=O)OC)ccc3c2OCC1C. The maximum absolute atomic E-state index is 12.8. The van der Waals surface area contributed by atoms with E-state index < -0.39 is 5.97 Å². The molecule has 0 saturated carbocycles. The van der Waals surface area contributed by atoms with Gasteiger partial charge in [-0.15, -0.1) is 0 Å². The first-order valence-corrected chi connectivity index (χ1v) is 7.64. The maximum atomic E-state index is 12.8. The number of hydrogen-bond acceptors (Lipinski definition) is 6. The van der Waals surface area contributed by atoms with Crippen LogP contribution in [0.3, 0.4) is 0 Å². The highest BCUT2D eigenvalue weighted by atomic mass is 16.5. The fourth-order valence-corrected chi connectivity index (χ4v) is 2.74. The van der Waals surface area contributed by atoms with Crippen LogP contribution in [0.5, 0.6) is 5.75 Å². The molecule has 1 aliphatic rings. The van der Waals surface area contributed by atoms with Crippen molar-refractivity contribution in [3.63, 3.8) is 0 Å². The lowest BCUT2D eigenvalue weighted by molar-refractivity contribution is 0.0573. The minimum atomic E-state index is -0.467. The van der Waals surface area contributed by atoms with Gasteiger partial charge in [0.05, 0.1) is 30.7 Å². The predicted molar refractivity (Wildman–Crippen MR) is 85.4 cm³/mol. The van der Waals surface area contributed by atoms with Crippen molar-refractivity contribution >= 4 is 22.8 Å². The minimum absolute atomic E-state index is 0.0976. The molecule has 0 bridgehead atoms. The number of methoxy groups -OCH3 is 2. The van der Waals surface area contributed by atoms with E-state index in [0.29, 0.717) is 42.0 Å². The Morgan fingerprint density at radius 2 is 2.17 bits per heavy atom. The van der Waals surface area contributed by atoms with Crippen molar-refractivity contribution in [2.24, 2.45) is 0 Å². The van der Waals surface area contributed by atoms with Gasteiger partial charge in [-0.1, -0.05) is 0 Å². The Morgan fingerprint density at radius 1 is 1.38 bits per heavy atom. The van der Waals surface area contributed by atoms with Gasteiger partial charge in [-0.25, -0.2) is 4.79 Å². The number of carbonyl (C=O) groups is 2. The van der Waals surface area contributed by atoms with Crippen LogP contribution >= 0.6 is 0 Å². The lowest BCUT2D eigenvalue weighted by Crippen LogP contribution is -2.41. The number of rotatable bonds is 4. The lowest BCUT2D eigenvalue weighted by Gasteiger charge is -2.25. The monoisotopic (exact) mass is 333 g/mol. The van der Waals surface area contributed by atoms with Crippen LogP contribution < -0.4 is 4.74 Å². The van der Waals surface area contributed by atoms with Gasteiger partial charge in [0.15, 0.2) is 5.75 Å². The van der Waals surface area contributed by atoms with Gasteiger partial charge in [-0.2, -0.15) is 0 Å². The summed E-state index contributed by atoms with van der Waals surface area (Å²) in [5.74, 6) is -0.153. The number of carbonyl (C=O) groups excluding carboxylic acids is 2. The quantitative estimate of drug-likeness (QED) is 0.797. The van der Waals surface area contributed by atoms with Crippen LogP contribution in [-0.2, 0) is 9.47 Å². The molecule has 7 heteroatoms. The number of ether oxygens (including phenoxy) is 3. The molecular formula is C17H19NO6. The Kier molecular flexibility index (Phi) is 4.44. The highest BCUT2D eigenvalue weighted by molar-refractivity contribution is 6.03. The average molecular weight is 333 g/mol. The lowest BCUT2D eigenvalue weighted by atomic mass is 10.1. The van der Waals surface area contributed by atoms with E-state index in [1.807, 2.05) is 6.92 Å². The zero-order chi connectivity index (χ0) is 17.3. The standard InChI is InChI=1S/C17H19NO6/c1-10-9-23-14-12-5-4-11(17(20)22-3)8-13(12)24-15(14)16(19)18(10)6-7-21-2/h4-5,8,10H,6-7,9H2,1-3H3. The van der Waals surface area contributed by atoms with Crippen LogP contribution in [0.15, 0.2) is 22.6 Å². The van der Waals surface area contributed by atoms with Gasteiger partial charge >= 0.3 is 5.97 Å². The highest BCUT2D eigenvalue weighted by Gasteiger charge is 2.33. The zero-order valence-corrected chi connectivity index (χ0v) is 13.8. The van der Waals surface area contributed by atoms with Crippen LogP contribution in [-0.4, -0.2) is 56.8 Å². The first-order valence-electron chi connectivity index (χ1n) is 7.64. The van der Waals surface area contributed by atoms with Gasteiger partial charge in [-0.3, -0.25) is 4.79 Å². The molecule has 1 aromatic carbocycles. The Balaban J connectivity index is 2.03. The summed E-state index contributed by atoms with van der Waals surface area (Å²) >= 11 is 0. The van der Waals surface area contributed by atoms with E-state index in [-0.39, 0.29) is 17.7 Å². The fourth-order valence-electron chi connectivity index (χ4n) is 2.74. The van der Waals surface area contributed by atoms with Gasteiger partial charge in [0.2, 0.25) is 5.76 Å². The summed E-state index contributed by atoms with van der Waals surface area (Å²) in [6, 6.07) is 4.77. The Bertz CT molecular complexity index is 781. The third-order valence-electron chi connectivity index (χ3n) is 4.06. The highest BCUT2D eigenvalue weighted by Crippen LogP contribution is 2.36. The van der Waals surface area contributed by atoms with E-state index in [1.54, 1.807) is 30.2 Å². The number of fused-ring (bicyclic) bond motifs is 3. The molecule has 3 rings (SSSR count). The summed E-state index contributed by atoms with van der Waals surface area (Å²) in [4.78, 5) is 26.1. The zero-order valence-electron chi connectivity index (χ0n) is 13.8. The average Bonchev–Trinajstić information content (AvgIpc) is 2.91. The number of benzene rings is 1. The molecule has 1 aromatic heterocycles. The van der Waals surface area contributed by atoms with Crippen molar-refractivity contribution in [2.45, 2.75) is 13.0 Å². The van der Waals surface area contributed by atoms with Crippen LogP contribution in [0.1, 0.15) is 27.8 Å². The van der Waals surface area contributed by atoms with Crippen molar-refractivity contribution < 1.29 is 28.2 Å². The van der Waals surface area contributed by atoms with Crippen molar-refractivity contribution in [1.82, 2.24) is 4.90 Å². The van der Waals surface area contributed by atoms with Gasteiger partial charge in [0, 0.05) is 13.7 Å². The van der Waals surface area contributed by atoms with Crippen molar-refractivity contribution in [2.75, 3.05) is 34.0 Å². The van der Waals surface area contributed by atoms with E-state index in [9.17, 15) is 9.59 Å². The van der Waals surface area contributed by atoms with Crippen LogP contribution in [0.4, 0.5) is 0 Å². The molecule has 1 unspecified atom stereocenters. The summed E-state index contributed by atoms with van der Waals surface area (Å²) in [6.07, 6.45) is 0. The van der Waals surface area contributed by atoms with Gasteiger partial charge in [0.1, 0.15) is 12.2 Å². The number of esters is 1. The predicted octanol–water partition coefficient (Wildman–Crippen LogP) is 2.09. The van der Waals surface area contributed by atoms with Gasteiger partial charge < -0.3 is 23.5 Å². The third kappa shape index (κ3) is 2.71. The van der Waals surface area contributed by atoms with Gasteiger partial charge in [-0.05, 0) is 25.1 Å². The molecule has 0 aliphatic carbocycles. The Labute approximate surface area is 139 Å². The molecule has 1 amide bonds. The topological polar surface area (TPSA) is 78.2 Å². The van der Waals surface area contributed by atoms with Crippen molar-refractivity contribution in [3.8, 4) is 5.75 Å². The van der Waals surface area contributed by atoms with E-state index in [4.69, 9.17) is 18.6 Å². The molecule has 0 N–H and O–H groups in total. The first kappa shape index (κ1) is 16.3. The minimum Gasteiger partial charge on any atom is -0.487 e. The van der Waals surface area contributed by atoms with E-state index >= 15 is 0 Å². The molecule has 128 valence electrons. The molecule has 2 heterocycles. The Morgan fingerprint density at radius 3 is 2.88 bits per heavy atom. The van der Waals surface area contributed by atoms with E-state index in [1.165, 1.54) is 7.11 Å². The summed E-state index contributed by atoms with van der Waals surface area (Å²) in [7, 11) is 2.90. The van der Waals surface area contributed by atoms with Crippen molar-refractivity contribution in [1.29, 1.82) is 0 Å². The summed E-state index contributed by atoms with van der Waals surface area (Å²) < 4.78 is 21.3.